The molecule has 3 heteroatoms. The molecule has 1 nitrogen and oxygen atoms in total. The molecule has 226 valence electrons. The summed E-state index contributed by atoms with van der Waals surface area (Å²) in [7, 11) is -3.61. The summed E-state index contributed by atoms with van der Waals surface area (Å²) in [6, 6.07) is 57.0. The molecule has 7 aromatic rings. The topological polar surface area (TPSA) is 3.24 Å². The van der Waals surface area contributed by atoms with Gasteiger partial charge in [0, 0.05) is 16.9 Å². The van der Waals surface area contributed by atoms with Gasteiger partial charge in [0.2, 0.25) is 0 Å². The van der Waals surface area contributed by atoms with Crippen molar-refractivity contribution in [2.24, 2.45) is 0 Å². The van der Waals surface area contributed by atoms with Crippen LogP contribution in [0.2, 0.25) is 26.2 Å². The van der Waals surface area contributed by atoms with Gasteiger partial charge < -0.3 is 4.90 Å². The van der Waals surface area contributed by atoms with E-state index in [1.165, 1.54) is 76.8 Å². The Morgan fingerprint density at radius 1 is 0.404 bits per heavy atom. The number of nitrogens with zero attached hydrogens (tertiary/aromatic N) is 1. The van der Waals surface area contributed by atoms with Gasteiger partial charge in [-0.15, -0.1) is 0 Å². The number of hydrogen-bond donors (Lipinski definition) is 0. The lowest BCUT2D eigenvalue weighted by Crippen LogP contribution is -2.49. The van der Waals surface area contributed by atoms with Crippen molar-refractivity contribution >= 4 is 64.7 Å². The molecule has 0 spiro atoms. The van der Waals surface area contributed by atoms with Crippen molar-refractivity contribution < 1.29 is 0 Å². The second-order valence-electron chi connectivity index (χ2n) is 14.2. The fourth-order valence-electron chi connectivity index (χ4n) is 8.46. The third-order valence-electron chi connectivity index (χ3n) is 10.9. The van der Waals surface area contributed by atoms with Crippen LogP contribution >= 0.6 is 0 Å². The molecule has 0 aromatic heterocycles. The minimum atomic E-state index is -1.84. The minimum absolute atomic E-state index is 1.17. The molecule has 0 bridgehead atoms. The number of fused-ring (bicyclic) bond motifs is 7. The van der Waals surface area contributed by atoms with Crippen molar-refractivity contribution in [3.05, 3.63) is 152 Å². The molecule has 9 rings (SSSR count). The Bertz CT molecular complexity index is 2360. The van der Waals surface area contributed by atoms with Gasteiger partial charge in [-0.25, -0.2) is 0 Å². The molecule has 0 saturated carbocycles. The number of rotatable bonds is 4. The van der Waals surface area contributed by atoms with Crippen LogP contribution in [0.4, 0.5) is 17.1 Å². The van der Waals surface area contributed by atoms with E-state index < -0.39 is 16.1 Å². The largest absolute Gasteiger partial charge is 0.310 e. The van der Waals surface area contributed by atoms with Crippen LogP contribution in [0.1, 0.15) is 0 Å². The van der Waals surface area contributed by atoms with Crippen LogP contribution in [-0.4, -0.2) is 16.1 Å². The van der Waals surface area contributed by atoms with E-state index in [2.05, 4.69) is 183 Å². The molecule has 2 heterocycles. The van der Waals surface area contributed by atoms with Gasteiger partial charge in [-0.1, -0.05) is 148 Å². The first-order chi connectivity index (χ1) is 22.8. The first kappa shape index (κ1) is 28.3. The Labute approximate surface area is 279 Å². The minimum Gasteiger partial charge on any atom is -0.310 e. The first-order valence-corrected chi connectivity index (χ1v) is 22.7. The van der Waals surface area contributed by atoms with Crippen LogP contribution in [0, 0.1) is 0 Å². The summed E-state index contributed by atoms with van der Waals surface area (Å²) < 4.78 is 0. The smallest absolute Gasteiger partial charge is 0.113 e. The Kier molecular flexibility index (Phi) is 6.18. The number of anilines is 3. The van der Waals surface area contributed by atoms with Crippen molar-refractivity contribution in [3.8, 4) is 33.4 Å². The zero-order valence-corrected chi connectivity index (χ0v) is 29.4. The van der Waals surface area contributed by atoms with Gasteiger partial charge >= 0.3 is 0 Å². The monoisotopic (exact) mass is 635 g/mol. The molecule has 47 heavy (non-hydrogen) atoms. The molecular formula is C44H37NSi2. The zero-order valence-electron chi connectivity index (χ0n) is 27.4. The van der Waals surface area contributed by atoms with Crippen molar-refractivity contribution in [3.63, 3.8) is 0 Å². The highest BCUT2D eigenvalue weighted by Gasteiger charge is 2.40. The maximum atomic E-state index is 2.52. The Morgan fingerprint density at radius 2 is 0.957 bits per heavy atom. The van der Waals surface area contributed by atoms with Gasteiger partial charge in [0.15, 0.2) is 0 Å². The Hall–Kier alpha value is -4.97. The third-order valence-corrected chi connectivity index (χ3v) is 18.0. The Balaban J connectivity index is 1.26. The lowest BCUT2D eigenvalue weighted by molar-refractivity contribution is 1.29. The van der Waals surface area contributed by atoms with Crippen molar-refractivity contribution in [2.45, 2.75) is 26.2 Å². The third kappa shape index (κ3) is 4.13. The maximum absolute atomic E-state index is 2.52. The Morgan fingerprint density at radius 3 is 1.77 bits per heavy atom. The van der Waals surface area contributed by atoms with Crippen LogP contribution in [0.15, 0.2) is 152 Å². The van der Waals surface area contributed by atoms with Gasteiger partial charge in [0.05, 0.1) is 5.69 Å². The van der Waals surface area contributed by atoms with Crippen LogP contribution < -0.4 is 25.6 Å². The number of hydrogen-bond acceptors (Lipinski definition) is 1. The molecule has 0 N–H and O–H groups in total. The van der Waals surface area contributed by atoms with E-state index in [4.69, 9.17) is 0 Å². The molecule has 0 fully saturated rings. The summed E-state index contributed by atoms with van der Waals surface area (Å²) in [4.78, 5) is 2.52. The fraction of sp³-hybridized carbons (Fsp3) is 0.0909. The molecule has 0 aliphatic carbocycles. The average molecular weight is 636 g/mol. The van der Waals surface area contributed by atoms with Gasteiger partial charge in [0.25, 0.3) is 0 Å². The summed E-state index contributed by atoms with van der Waals surface area (Å²) in [5.74, 6) is 0. The molecule has 7 aromatic carbocycles. The van der Waals surface area contributed by atoms with Crippen LogP contribution in [-0.2, 0) is 0 Å². The molecule has 2 aliphatic heterocycles. The average Bonchev–Trinajstić information content (AvgIpc) is 3.48. The van der Waals surface area contributed by atoms with Crippen LogP contribution in [0.5, 0.6) is 0 Å². The molecular weight excluding hydrogens is 599 g/mol. The van der Waals surface area contributed by atoms with Gasteiger partial charge in [-0.3, -0.25) is 0 Å². The van der Waals surface area contributed by atoms with Crippen molar-refractivity contribution in [1.82, 2.24) is 0 Å². The highest BCUT2D eigenvalue weighted by Crippen LogP contribution is 2.44. The first-order valence-electron chi connectivity index (χ1n) is 16.7. The van der Waals surface area contributed by atoms with E-state index in [0.717, 1.165) is 0 Å². The molecule has 0 unspecified atom stereocenters. The predicted molar refractivity (Wildman–Crippen MR) is 208 cm³/mol. The van der Waals surface area contributed by atoms with Gasteiger partial charge in [0.1, 0.15) is 16.1 Å². The van der Waals surface area contributed by atoms with E-state index in [9.17, 15) is 0 Å². The second kappa shape index (κ2) is 10.3. The normalized spacial score (nSPS) is 14.7. The fourth-order valence-corrected chi connectivity index (χ4v) is 14.6. The quantitative estimate of drug-likeness (QED) is 0.174. The van der Waals surface area contributed by atoms with E-state index in [-0.39, 0.29) is 0 Å². The lowest BCUT2D eigenvalue weighted by Gasteiger charge is -2.29. The molecule has 0 saturated heterocycles. The van der Waals surface area contributed by atoms with Gasteiger partial charge in [-0.05, 0) is 89.7 Å². The standard InChI is InChI=1S/C44H37NSi2/c1-46(2)40-20-9-7-16-36(40)38-29-33(27-28-42(38)46)45(39-19-12-22-43-44(39)37-17-8-10-21-41(37)47(43,3)4)32-25-23-31(24-26-32)35-18-11-14-30-13-5-6-15-34(30)35/h5-29H,1-4H3. The summed E-state index contributed by atoms with van der Waals surface area (Å²) >= 11 is 0. The molecule has 0 radical (unpaired) electrons. The highest BCUT2D eigenvalue weighted by molar-refractivity contribution is 7.04. The van der Waals surface area contributed by atoms with Crippen molar-refractivity contribution in [2.75, 3.05) is 4.90 Å². The van der Waals surface area contributed by atoms with E-state index in [1.807, 2.05) is 0 Å². The molecule has 0 atom stereocenters. The van der Waals surface area contributed by atoms with Crippen molar-refractivity contribution in [1.29, 1.82) is 0 Å². The summed E-state index contributed by atoms with van der Waals surface area (Å²) in [5, 5.41) is 8.68. The highest BCUT2D eigenvalue weighted by atomic mass is 28.3. The van der Waals surface area contributed by atoms with E-state index in [0.29, 0.717) is 0 Å². The van der Waals surface area contributed by atoms with E-state index in [1.54, 1.807) is 5.19 Å². The predicted octanol–water partition coefficient (Wildman–Crippen LogP) is 9.58. The van der Waals surface area contributed by atoms with Gasteiger partial charge in [-0.2, -0.15) is 0 Å². The zero-order chi connectivity index (χ0) is 31.9. The van der Waals surface area contributed by atoms with Crippen LogP contribution in [0.3, 0.4) is 0 Å². The summed E-state index contributed by atoms with van der Waals surface area (Å²) in [6.07, 6.45) is 0. The van der Waals surface area contributed by atoms with E-state index >= 15 is 0 Å². The molecule has 2 aliphatic rings. The SMILES string of the molecule is C[Si]1(C)c2ccccc2-c2cc(N(c3ccc(-c4cccc5ccccc45)cc3)c3cccc4c3-c3ccccc3[Si]4(C)C)ccc21. The van der Waals surface area contributed by atoms with Crippen LogP contribution in [0.25, 0.3) is 44.2 Å². The summed E-state index contributed by atoms with van der Waals surface area (Å²) in [5.41, 5.74) is 11.7. The summed E-state index contributed by atoms with van der Waals surface area (Å²) in [6.45, 7) is 10.00. The molecule has 0 amide bonds. The lowest BCUT2D eigenvalue weighted by atomic mass is 9.97. The maximum Gasteiger partial charge on any atom is 0.113 e. The second-order valence-corrected chi connectivity index (χ2v) is 22.8. The number of benzene rings is 7.